The third-order valence-corrected chi connectivity index (χ3v) is 6.21. The number of nitrogens with one attached hydrogen (secondary N) is 1. The Labute approximate surface area is 184 Å². The lowest BCUT2D eigenvalue weighted by atomic mass is 10.1. The number of amides is 1. The van der Waals surface area contributed by atoms with E-state index in [9.17, 15) is 9.59 Å². The van der Waals surface area contributed by atoms with Crippen LogP contribution in [-0.2, 0) is 17.9 Å². The van der Waals surface area contributed by atoms with Crippen molar-refractivity contribution in [2.24, 2.45) is 0 Å². The first kappa shape index (κ1) is 21.1. The lowest BCUT2D eigenvalue weighted by Gasteiger charge is -2.13. The summed E-state index contributed by atoms with van der Waals surface area (Å²) < 4.78 is 3.53. The number of fused-ring (bicyclic) bond motifs is 3. The van der Waals surface area contributed by atoms with Crippen LogP contribution in [-0.4, -0.2) is 30.3 Å². The Kier molecular flexibility index (Phi) is 6.08. The molecule has 31 heavy (non-hydrogen) atoms. The molecule has 0 aliphatic rings. The molecule has 0 aliphatic carbocycles. The van der Waals surface area contributed by atoms with Gasteiger partial charge in [-0.25, -0.2) is 0 Å². The second-order valence-electron chi connectivity index (χ2n) is 7.56. The molecule has 1 N–H and O–H groups in total. The zero-order valence-corrected chi connectivity index (χ0v) is 18.6. The van der Waals surface area contributed by atoms with Gasteiger partial charge in [0.25, 0.3) is 5.56 Å². The van der Waals surface area contributed by atoms with Gasteiger partial charge in [0.2, 0.25) is 11.7 Å². The van der Waals surface area contributed by atoms with Gasteiger partial charge in [-0.3, -0.25) is 18.6 Å². The summed E-state index contributed by atoms with van der Waals surface area (Å²) in [5, 5.41) is 12.4. The van der Waals surface area contributed by atoms with Crippen molar-refractivity contribution in [3.8, 4) is 0 Å². The first-order chi connectivity index (χ1) is 15.0. The van der Waals surface area contributed by atoms with Crippen LogP contribution in [0, 0.1) is 6.92 Å². The van der Waals surface area contributed by atoms with Crippen LogP contribution >= 0.6 is 11.8 Å². The molecule has 0 bridgehead atoms. The van der Waals surface area contributed by atoms with Crippen LogP contribution in [0.15, 0.2) is 58.5 Å². The number of carbonyl (C=O) groups is 1. The van der Waals surface area contributed by atoms with Crippen molar-refractivity contribution in [1.29, 1.82) is 0 Å². The molecule has 4 rings (SSSR count). The van der Waals surface area contributed by atoms with Gasteiger partial charge in [0.15, 0.2) is 5.16 Å². The summed E-state index contributed by atoms with van der Waals surface area (Å²) >= 11 is 1.33. The second-order valence-corrected chi connectivity index (χ2v) is 8.86. The van der Waals surface area contributed by atoms with Crippen molar-refractivity contribution < 1.29 is 4.79 Å². The number of carbonyl (C=O) groups excluding carboxylic acids is 1. The van der Waals surface area contributed by atoms with E-state index >= 15 is 0 Å². The van der Waals surface area contributed by atoms with Gasteiger partial charge in [-0.1, -0.05) is 60.6 Å². The Morgan fingerprint density at radius 1 is 1.13 bits per heavy atom. The van der Waals surface area contributed by atoms with Gasteiger partial charge in [-0.05, 0) is 38.0 Å². The molecular weight excluding hydrogens is 410 g/mol. The van der Waals surface area contributed by atoms with Gasteiger partial charge in [0.1, 0.15) is 0 Å². The third kappa shape index (κ3) is 4.20. The molecule has 1 amide bonds. The fourth-order valence-electron chi connectivity index (χ4n) is 3.49. The molecule has 0 saturated carbocycles. The summed E-state index contributed by atoms with van der Waals surface area (Å²) in [6.07, 6.45) is 0.807. The molecule has 0 aliphatic heterocycles. The van der Waals surface area contributed by atoms with Gasteiger partial charge in [-0.2, -0.15) is 0 Å². The van der Waals surface area contributed by atoms with Crippen molar-refractivity contribution in [2.75, 3.05) is 0 Å². The van der Waals surface area contributed by atoms with E-state index in [1.807, 2.05) is 73.7 Å². The second kappa shape index (κ2) is 8.93. The number of aryl methyl sites for hydroxylation is 2. The quantitative estimate of drug-likeness (QED) is 0.449. The minimum Gasteiger partial charge on any atom is -0.351 e. The summed E-state index contributed by atoms with van der Waals surface area (Å²) in [5.41, 5.74) is 2.91. The van der Waals surface area contributed by atoms with Crippen LogP contribution in [0.25, 0.3) is 16.7 Å². The zero-order chi connectivity index (χ0) is 22.0. The fourth-order valence-corrected chi connectivity index (χ4v) is 4.37. The van der Waals surface area contributed by atoms with Crippen LogP contribution in [0.2, 0.25) is 0 Å². The summed E-state index contributed by atoms with van der Waals surface area (Å²) in [4.78, 5) is 25.6. The van der Waals surface area contributed by atoms with Crippen LogP contribution in [0.1, 0.15) is 31.4 Å². The average molecular weight is 436 g/mol. The van der Waals surface area contributed by atoms with E-state index in [1.165, 1.54) is 17.3 Å². The van der Waals surface area contributed by atoms with E-state index in [0.717, 1.165) is 17.5 Å². The van der Waals surface area contributed by atoms with Crippen molar-refractivity contribution in [2.45, 2.75) is 50.7 Å². The predicted molar refractivity (Wildman–Crippen MR) is 123 cm³/mol. The Balaban J connectivity index is 1.61. The molecule has 160 valence electrons. The molecule has 0 radical (unpaired) electrons. The molecule has 7 nitrogen and oxygen atoms in total. The first-order valence-corrected chi connectivity index (χ1v) is 11.2. The molecule has 0 spiro atoms. The molecule has 1 unspecified atom stereocenters. The van der Waals surface area contributed by atoms with Crippen molar-refractivity contribution in [1.82, 2.24) is 24.5 Å². The van der Waals surface area contributed by atoms with E-state index in [0.29, 0.717) is 29.4 Å². The van der Waals surface area contributed by atoms with Gasteiger partial charge in [-0.15, -0.1) is 10.2 Å². The van der Waals surface area contributed by atoms with E-state index in [-0.39, 0.29) is 16.7 Å². The lowest BCUT2D eigenvalue weighted by Crippen LogP contribution is -2.30. The predicted octanol–water partition coefficient (Wildman–Crippen LogP) is 3.56. The van der Waals surface area contributed by atoms with Gasteiger partial charge >= 0.3 is 0 Å². The van der Waals surface area contributed by atoms with Crippen LogP contribution in [0.5, 0.6) is 0 Å². The average Bonchev–Trinajstić information content (AvgIpc) is 3.19. The smallest absolute Gasteiger partial charge is 0.262 e. The molecule has 0 fully saturated rings. The van der Waals surface area contributed by atoms with E-state index < -0.39 is 0 Å². The summed E-state index contributed by atoms with van der Waals surface area (Å²) in [7, 11) is 0. The number of hydrogen-bond donors (Lipinski definition) is 1. The standard InChI is InChI=1S/C23H25N5O2S/c1-4-13-27-21(30)18-7-5-6-8-19(18)28-22(27)25-26-23(28)31-16(3)20(29)24-14-17-11-9-15(2)10-12-17/h5-12,16H,4,13-14H2,1-3H3,(H,24,29). The Morgan fingerprint density at radius 3 is 2.61 bits per heavy atom. The minimum absolute atomic E-state index is 0.0715. The third-order valence-electron chi connectivity index (χ3n) is 5.16. The number of nitrogens with zero attached hydrogens (tertiary/aromatic N) is 4. The van der Waals surface area contributed by atoms with Crippen LogP contribution in [0.4, 0.5) is 0 Å². The highest BCUT2D eigenvalue weighted by Gasteiger charge is 2.21. The summed E-state index contributed by atoms with van der Waals surface area (Å²) in [6.45, 7) is 6.94. The molecule has 2 aromatic heterocycles. The maximum Gasteiger partial charge on any atom is 0.262 e. The fraction of sp³-hybridized carbons (Fsp3) is 0.304. The zero-order valence-electron chi connectivity index (χ0n) is 17.8. The SMILES string of the molecule is CCCn1c(=O)c2ccccc2n2c(SC(C)C(=O)NCc3ccc(C)cc3)nnc12. The molecule has 2 heterocycles. The summed E-state index contributed by atoms with van der Waals surface area (Å²) in [5.74, 6) is 0.425. The highest BCUT2D eigenvalue weighted by Crippen LogP contribution is 2.25. The van der Waals surface area contributed by atoms with Gasteiger partial charge in [0.05, 0.1) is 16.2 Å². The maximum absolute atomic E-state index is 12.9. The van der Waals surface area contributed by atoms with Crippen molar-refractivity contribution >= 4 is 34.3 Å². The van der Waals surface area contributed by atoms with Crippen molar-refractivity contribution in [3.63, 3.8) is 0 Å². The molecule has 0 saturated heterocycles. The summed E-state index contributed by atoms with van der Waals surface area (Å²) in [6, 6.07) is 15.5. The highest BCUT2D eigenvalue weighted by atomic mass is 32.2. The normalized spacial score (nSPS) is 12.4. The molecular formula is C23H25N5O2S. The van der Waals surface area contributed by atoms with Gasteiger partial charge < -0.3 is 5.32 Å². The number of para-hydroxylation sites is 1. The van der Waals surface area contributed by atoms with E-state index in [1.54, 1.807) is 4.57 Å². The number of benzene rings is 2. The number of aromatic nitrogens is 4. The Hall–Kier alpha value is -3.13. The minimum atomic E-state index is -0.372. The molecule has 2 aromatic carbocycles. The Morgan fingerprint density at radius 2 is 1.87 bits per heavy atom. The lowest BCUT2D eigenvalue weighted by molar-refractivity contribution is -0.120. The largest absolute Gasteiger partial charge is 0.351 e. The van der Waals surface area contributed by atoms with Crippen LogP contribution < -0.4 is 10.9 Å². The monoisotopic (exact) mass is 435 g/mol. The van der Waals surface area contributed by atoms with E-state index in [4.69, 9.17) is 0 Å². The number of rotatable bonds is 7. The van der Waals surface area contributed by atoms with Crippen molar-refractivity contribution in [3.05, 3.63) is 70.0 Å². The first-order valence-electron chi connectivity index (χ1n) is 10.4. The molecule has 8 heteroatoms. The maximum atomic E-state index is 12.9. The topological polar surface area (TPSA) is 81.3 Å². The number of hydrogen-bond acceptors (Lipinski definition) is 5. The Bertz CT molecular complexity index is 1290. The van der Waals surface area contributed by atoms with E-state index in [2.05, 4.69) is 15.5 Å². The molecule has 1 atom stereocenters. The molecule has 4 aromatic rings. The van der Waals surface area contributed by atoms with Gasteiger partial charge in [0, 0.05) is 13.1 Å². The highest BCUT2D eigenvalue weighted by molar-refractivity contribution is 8.00. The van der Waals surface area contributed by atoms with Crippen LogP contribution in [0.3, 0.4) is 0 Å². The number of thioether (sulfide) groups is 1.